The van der Waals surface area contributed by atoms with Crippen molar-refractivity contribution in [1.29, 1.82) is 0 Å². The van der Waals surface area contributed by atoms with Crippen LogP contribution in [0.25, 0.3) is 10.9 Å². The molecule has 0 saturated heterocycles. The highest BCUT2D eigenvalue weighted by Gasteiger charge is 2.61. The smallest absolute Gasteiger partial charge is 0.494 e. The molecule has 0 aliphatic rings. The van der Waals surface area contributed by atoms with Crippen LogP contribution in [0.1, 0.15) is 16.1 Å². The molecule has 0 atom stereocenters. The van der Waals surface area contributed by atoms with Crippen LogP contribution in [0.3, 0.4) is 0 Å². The van der Waals surface area contributed by atoms with Crippen molar-refractivity contribution in [3.05, 3.63) is 46.7 Å². The van der Waals surface area contributed by atoms with Crippen molar-refractivity contribution < 1.29 is 40.6 Å². The van der Waals surface area contributed by atoms with E-state index in [4.69, 9.17) is 4.74 Å². The van der Waals surface area contributed by atoms with E-state index in [1.165, 1.54) is 13.2 Å². The number of methoxy groups -OCH3 is 1. The minimum atomic E-state index is -5.90. The van der Waals surface area contributed by atoms with E-state index in [2.05, 4.69) is 4.74 Å². The van der Waals surface area contributed by atoms with Gasteiger partial charge in [0.2, 0.25) is 0 Å². The van der Waals surface area contributed by atoms with Gasteiger partial charge in [-0.2, -0.15) is 22.0 Å². The molecule has 0 aliphatic carbocycles. The van der Waals surface area contributed by atoms with Gasteiger partial charge >= 0.3 is 12.3 Å². The average Bonchev–Trinajstić information content (AvgIpc) is 3.15. The lowest BCUT2D eigenvalue weighted by Crippen LogP contribution is -2.41. The summed E-state index contributed by atoms with van der Waals surface area (Å²) in [5.74, 6) is -1.49. The second-order valence-corrected chi connectivity index (χ2v) is 6.62. The van der Waals surface area contributed by atoms with Gasteiger partial charge in [-0.05, 0) is 19.1 Å². The summed E-state index contributed by atoms with van der Waals surface area (Å²) in [6, 6.07) is 4.81. The molecule has 0 spiro atoms. The van der Waals surface area contributed by atoms with Gasteiger partial charge in [0.15, 0.2) is 16.6 Å². The van der Waals surface area contributed by atoms with Crippen LogP contribution in [-0.4, -0.2) is 29.9 Å². The fourth-order valence-corrected chi connectivity index (χ4v) is 3.33. The van der Waals surface area contributed by atoms with Crippen molar-refractivity contribution in [3.63, 3.8) is 0 Å². The lowest BCUT2D eigenvalue weighted by atomic mass is 10.2. The Morgan fingerprint density at radius 3 is 2.39 bits per heavy atom. The van der Waals surface area contributed by atoms with Gasteiger partial charge in [-0.1, -0.05) is 0 Å². The number of hydrogen-bond acceptors (Lipinski definition) is 4. The number of benzene rings is 1. The number of carbonyl (C=O) groups is 1. The highest BCUT2D eigenvalue weighted by molar-refractivity contribution is 7.12. The molecule has 150 valence electrons. The summed E-state index contributed by atoms with van der Waals surface area (Å²) in [6.45, 7) is 1.56. The Morgan fingerprint density at radius 2 is 1.79 bits per heavy atom. The fourth-order valence-electron chi connectivity index (χ4n) is 2.57. The van der Waals surface area contributed by atoms with Crippen LogP contribution in [0.4, 0.5) is 26.3 Å². The maximum Gasteiger partial charge on any atom is 0.499 e. The number of carbonyl (C=O) groups excluding carboxylic acids is 1. The standard InChI is InChI=1S/C17H11F6NO3S/c1-8-3-9-4-13(26-2)11(18)6-12(9)24(8)15(25)10-5-14(28-7-10)27-17(22,23)16(19,20)21/h3-7H,1-2H3. The number of halogens is 6. The number of thiophene rings is 1. The normalized spacial score (nSPS) is 12.4. The maximum absolute atomic E-state index is 14.0. The van der Waals surface area contributed by atoms with Gasteiger partial charge in [0.1, 0.15) is 0 Å². The summed E-state index contributed by atoms with van der Waals surface area (Å²) >= 11 is 0.408. The van der Waals surface area contributed by atoms with E-state index in [1.807, 2.05) is 0 Å². The van der Waals surface area contributed by atoms with E-state index >= 15 is 0 Å². The zero-order valence-corrected chi connectivity index (χ0v) is 15.1. The molecule has 0 radical (unpaired) electrons. The van der Waals surface area contributed by atoms with E-state index in [0.29, 0.717) is 22.4 Å². The summed E-state index contributed by atoms with van der Waals surface area (Å²) in [7, 11) is 1.28. The second kappa shape index (κ2) is 6.73. The van der Waals surface area contributed by atoms with Crippen molar-refractivity contribution in [2.24, 2.45) is 0 Å². The summed E-state index contributed by atoms with van der Waals surface area (Å²) in [5.41, 5.74) is 0.409. The molecule has 0 unspecified atom stereocenters. The summed E-state index contributed by atoms with van der Waals surface area (Å²) in [5, 5.41) is 0.780. The highest BCUT2D eigenvalue weighted by Crippen LogP contribution is 2.39. The molecule has 4 nitrogen and oxygen atoms in total. The van der Waals surface area contributed by atoms with Crippen LogP contribution in [0, 0.1) is 12.7 Å². The summed E-state index contributed by atoms with van der Waals surface area (Å²) in [6.07, 6.45) is -11.3. The van der Waals surface area contributed by atoms with E-state index < -0.39 is 29.1 Å². The Hall–Kier alpha value is -2.69. The van der Waals surface area contributed by atoms with Gasteiger partial charge in [0.25, 0.3) is 5.91 Å². The Morgan fingerprint density at radius 1 is 1.11 bits per heavy atom. The number of nitrogens with zero attached hydrogens (tertiary/aromatic N) is 1. The first-order valence-corrected chi connectivity index (χ1v) is 8.45. The van der Waals surface area contributed by atoms with E-state index in [0.717, 1.165) is 22.1 Å². The van der Waals surface area contributed by atoms with Crippen LogP contribution in [0.15, 0.2) is 29.6 Å². The molecule has 0 amide bonds. The first-order chi connectivity index (χ1) is 12.9. The molecule has 0 N–H and O–H groups in total. The van der Waals surface area contributed by atoms with Gasteiger partial charge in [0.05, 0.1) is 18.2 Å². The molecule has 3 rings (SSSR count). The monoisotopic (exact) mass is 423 g/mol. The molecule has 3 aromatic rings. The highest BCUT2D eigenvalue weighted by atomic mass is 32.1. The third-order valence-electron chi connectivity index (χ3n) is 3.84. The van der Waals surface area contributed by atoms with Crippen molar-refractivity contribution in [2.75, 3.05) is 7.11 Å². The molecular formula is C17H11F6NO3S. The van der Waals surface area contributed by atoms with Crippen molar-refractivity contribution >= 4 is 28.1 Å². The van der Waals surface area contributed by atoms with Gasteiger partial charge in [-0.3, -0.25) is 9.36 Å². The minimum Gasteiger partial charge on any atom is -0.494 e. The van der Waals surface area contributed by atoms with E-state index in [-0.39, 0.29) is 16.8 Å². The molecule has 0 bridgehead atoms. The van der Waals surface area contributed by atoms with Crippen molar-refractivity contribution in [1.82, 2.24) is 4.57 Å². The fraction of sp³-hybridized carbons (Fsp3) is 0.235. The third kappa shape index (κ3) is 3.41. The molecule has 28 heavy (non-hydrogen) atoms. The zero-order valence-electron chi connectivity index (χ0n) is 14.2. The van der Waals surface area contributed by atoms with Crippen LogP contribution in [0.5, 0.6) is 10.8 Å². The Labute approximate surface area is 157 Å². The number of rotatable bonds is 4. The molecule has 2 heterocycles. The van der Waals surface area contributed by atoms with Crippen LogP contribution >= 0.6 is 11.3 Å². The molecule has 1 aromatic carbocycles. The second-order valence-electron chi connectivity index (χ2n) is 5.74. The Balaban J connectivity index is 1.97. The number of fused-ring (bicyclic) bond motifs is 1. The van der Waals surface area contributed by atoms with E-state index in [9.17, 15) is 31.1 Å². The molecular weight excluding hydrogens is 412 g/mol. The largest absolute Gasteiger partial charge is 0.499 e. The Bertz CT molecular complexity index is 1050. The quantitative estimate of drug-likeness (QED) is 0.529. The minimum absolute atomic E-state index is 0.0299. The predicted molar refractivity (Wildman–Crippen MR) is 88.9 cm³/mol. The lowest BCUT2D eigenvalue weighted by molar-refractivity contribution is -0.359. The topological polar surface area (TPSA) is 40.5 Å². The lowest BCUT2D eigenvalue weighted by Gasteiger charge is -2.18. The third-order valence-corrected chi connectivity index (χ3v) is 4.65. The molecule has 2 aromatic heterocycles. The first-order valence-electron chi connectivity index (χ1n) is 7.57. The molecule has 0 aliphatic heterocycles. The number of hydrogen-bond donors (Lipinski definition) is 0. The molecule has 0 fully saturated rings. The van der Waals surface area contributed by atoms with Gasteiger partial charge < -0.3 is 9.47 Å². The number of aromatic nitrogens is 1. The van der Waals surface area contributed by atoms with Crippen LogP contribution < -0.4 is 9.47 Å². The van der Waals surface area contributed by atoms with Crippen LogP contribution in [-0.2, 0) is 0 Å². The van der Waals surface area contributed by atoms with Crippen molar-refractivity contribution in [3.8, 4) is 10.8 Å². The SMILES string of the molecule is COc1cc2cc(C)n(C(=O)c3csc(OC(F)(F)C(F)(F)F)c3)c2cc1F. The van der Waals surface area contributed by atoms with Gasteiger partial charge in [-0.25, -0.2) is 4.39 Å². The Kier molecular flexibility index (Phi) is 4.82. The molecule has 11 heteroatoms. The number of alkyl halides is 5. The first kappa shape index (κ1) is 20.1. The maximum atomic E-state index is 14.0. The van der Waals surface area contributed by atoms with Crippen LogP contribution in [0.2, 0.25) is 0 Å². The number of aryl methyl sites for hydroxylation is 1. The zero-order chi connectivity index (χ0) is 20.9. The average molecular weight is 423 g/mol. The van der Waals surface area contributed by atoms with Gasteiger partial charge in [-0.15, -0.1) is 11.3 Å². The molecule has 0 saturated carbocycles. The van der Waals surface area contributed by atoms with Gasteiger partial charge in [0, 0.05) is 28.6 Å². The predicted octanol–water partition coefficient (Wildman–Crippen LogP) is 5.38. The van der Waals surface area contributed by atoms with Crippen molar-refractivity contribution in [2.45, 2.75) is 19.2 Å². The summed E-state index contributed by atoms with van der Waals surface area (Å²) < 4.78 is 86.5. The number of ether oxygens (including phenoxy) is 2. The van der Waals surface area contributed by atoms with E-state index in [1.54, 1.807) is 13.0 Å². The summed E-state index contributed by atoms with van der Waals surface area (Å²) in [4.78, 5) is 12.7.